The zero-order valence-electron chi connectivity index (χ0n) is 18.3. The van der Waals surface area contributed by atoms with E-state index in [1.165, 1.54) is 19.5 Å². The van der Waals surface area contributed by atoms with Crippen molar-refractivity contribution < 1.29 is 9.53 Å². The van der Waals surface area contributed by atoms with E-state index in [1.807, 2.05) is 6.07 Å². The van der Waals surface area contributed by atoms with E-state index in [4.69, 9.17) is 9.72 Å². The first-order chi connectivity index (χ1) is 16.6. The Morgan fingerprint density at radius 3 is 2.97 bits per heavy atom. The fourth-order valence-electron chi connectivity index (χ4n) is 4.42. The van der Waals surface area contributed by atoms with Gasteiger partial charge < -0.3 is 10.1 Å². The second-order valence-corrected chi connectivity index (χ2v) is 9.18. The molecule has 170 valence electrons. The van der Waals surface area contributed by atoms with Crippen molar-refractivity contribution >= 4 is 38.8 Å². The van der Waals surface area contributed by atoms with Crippen LogP contribution in [0.4, 0.5) is 5.69 Å². The third-order valence-electron chi connectivity index (χ3n) is 5.97. The number of carbonyl (C=O) groups excluding carboxylic acids is 1. The Bertz CT molecular complexity index is 1620. The molecule has 5 aromatic rings. The quantitative estimate of drug-likeness (QED) is 0.421. The van der Waals surface area contributed by atoms with E-state index in [0.29, 0.717) is 22.9 Å². The van der Waals surface area contributed by atoms with Crippen LogP contribution in [-0.2, 0) is 24.2 Å². The number of rotatable bonds is 5. The largest absolute Gasteiger partial charge is 0.497 e. The van der Waals surface area contributed by atoms with Gasteiger partial charge in [-0.25, -0.2) is 9.78 Å². The van der Waals surface area contributed by atoms with Gasteiger partial charge in [0.2, 0.25) is 5.91 Å². The molecule has 4 aromatic heterocycles. The number of aromatic nitrogens is 5. The number of nitrogens with zero attached hydrogens (tertiary/aromatic N) is 5. The van der Waals surface area contributed by atoms with E-state index in [9.17, 15) is 9.59 Å². The number of ether oxygens (including phenoxy) is 1. The van der Waals surface area contributed by atoms with Crippen LogP contribution in [0.5, 0.6) is 5.75 Å². The minimum atomic E-state index is -0.397. The van der Waals surface area contributed by atoms with E-state index in [0.717, 1.165) is 35.0 Å². The molecule has 0 atom stereocenters. The number of methoxy groups -OCH3 is 1. The summed E-state index contributed by atoms with van der Waals surface area (Å²) in [5.74, 6) is 0.763. The average Bonchev–Trinajstić information content (AvgIpc) is 3.57. The molecule has 0 aliphatic heterocycles. The summed E-state index contributed by atoms with van der Waals surface area (Å²) in [6.45, 7) is -0.135. The third kappa shape index (κ3) is 3.34. The predicted molar refractivity (Wildman–Crippen MR) is 130 cm³/mol. The smallest absolute Gasteiger partial charge is 0.352 e. The van der Waals surface area contributed by atoms with Gasteiger partial charge in [-0.3, -0.25) is 14.3 Å². The number of hydrogen-bond acceptors (Lipinski definition) is 7. The van der Waals surface area contributed by atoms with Gasteiger partial charge >= 0.3 is 5.69 Å². The first kappa shape index (κ1) is 20.5. The van der Waals surface area contributed by atoms with Crippen LogP contribution in [-0.4, -0.2) is 37.2 Å². The van der Waals surface area contributed by atoms with Gasteiger partial charge in [-0.2, -0.15) is 4.52 Å². The second kappa shape index (κ2) is 8.07. The highest BCUT2D eigenvalue weighted by Crippen LogP contribution is 2.38. The molecule has 0 saturated heterocycles. The molecule has 10 heteroatoms. The second-order valence-electron chi connectivity index (χ2n) is 8.10. The molecule has 9 nitrogen and oxygen atoms in total. The van der Waals surface area contributed by atoms with Crippen molar-refractivity contribution in [2.75, 3.05) is 12.4 Å². The van der Waals surface area contributed by atoms with Crippen molar-refractivity contribution in [1.29, 1.82) is 0 Å². The molecular formula is C24H20N6O3S. The van der Waals surface area contributed by atoms with Gasteiger partial charge in [0, 0.05) is 34.6 Å². The Kier molecular flexibility index (Phi) is 4.88. The van der Waals surface area contributed by atoms with E-state index in [-0.39, 0.29) is 12.5 Å². The molecule has 1 aliphatic rings. The Balaban J connectivity index is 1.47. The maximum absolute atomic E-state index is 13.5. The number of amides is 1. The zero-order chi connectivity index (χ0) is 23.2. The van der Waals surface area contributed by atoms with Crippen LogP contribution >= 0.6 is 11.3 Å². The number of fused-ring (bicyclic) bond motifs is 5. The SMILES string of the molecule is COc1cccc(NC(=O)Cn2c(=O)n3nc(-c4cccnc4)nc3c3c4c(sc32)CCC4)c1. The van der Waals surface area contributed by atoms with E-state index < -0.39 is 5.69 Å². The molecule has 0 unspecified atom stereocenters. The van der Waals surface area contributed by atoms with Crippen LogP contribution in [0.1, 0.15) is 16.9 Å². The van der Waals surface area contributed by atoms with E-state index in [1.54, 1.807) is 61.2 Å². The Hall–Kier alpha value is -4.05. The zero-order valence-corrected chi connectivity index (χ0v) is 19.1. The number of nitrogens with one attached hydrogen (secondary N) is 1. The monoisotopic (exact) mass is 472 g/mol. The number of aryl methyl sites for hydroxylation is 2. The average molecular weight is 473 g/mol. The van der Waals surface area contributed by atoms with Crippen molar-refractivity contribution in [2.45, 2.75) is 25.8 Å². The highest BCUT2D eigenvalue weighted by Gasteiger charge is 2.26. The fourth-order valence-corrected chi connectivity index (χ4v) is 5.80. The molecule has 1 N–H and O–H groups in total. The number of pyridine rings is 1. The number of hydrogen-bond donors (Lipinski definition) is 1. The van der Waals surface area contributed by atoms with Crippen molar-refractivity contribution in [2.24, 2.45) is 0 Å². The summed E-state index contributed by atoms with van der Waals surface area (Å²) in [4.78, 5) is 37.3. The summed E-state index contributed by atoms with van der Waals surface area (Å²) in [6, 6.07) is 10.8. The van der Waals surface area contributed by atoms with Gasteiger partial charge in [0.05, 0.1) is 12.5 Å². The molecule has 0 spiro atoms. The standard InChI is InChI=1S/C24H20N6O3S/c1-33-16-7-2-6-15(11-16)26-19(31)13-29-23-20(17-8-3-9-18(17)34-23)22-27-21(28-30(22)24(29)32)14-5-4-10-25-12-14/h2,4-7,10-12H,3,8-9,13H2,1H3,(H,26,31). The van der Waals surface area contributed by atoms with Gasteiger partial charge in [-0.1, -0.05) is 6.07 Å². The van der Waals surface area contributed by atoms with Gasteiger partial charge in [0.1, 0.15) is 17.1 Å². The highest BCUT2D eigenvalue weighted by atomic mass is 32.1. The Labute approximate surface area is 197 Å². The molecule has 34 heavy (non-hydrogen) atoms. The third-order valence-corrected chi connectivity index (χ3v) is 7.28. The lowest BCUT2D eigenvalue weighted by Crippen LogP contribution is -2.32. The lowest BCUT2D eigenvalue weighted by molar-refractivity contribution is -0.116. The van der Waals surface area contributed by atoms with Crippen LogP contribution in [0.2, 0.25) is 0 Å². The molecule has 0 radical (unpaired) electrons. The molecule has 1 amide bonds. The summed E-state index contributed by atoms with van der Waals surface area (Å²) in [5, 5.41) is 8.27. The first-order valence-corrected chi connectivity index (χ1v) is 11.7. The first-order valence-electron chi connectivity index (χ1n) is 10.9. The summed E-state index contributed by atoms with van der Waals surface area (Å²) in [6.07, 6.45) is 6.31. The lowest BCUT2D eigenvalue weighted by atomic mass is 10.2. The van der Waals surface area contributed by atoms with Gasteiger partial charge in [0.25, 0.3) is 0 Å². The normalized spacial score (nSPS) is 12.9. The van der Waals surface area contributed by atoms with Crippen LogP contribution < -0.4 is 15.7 Å². The van der Waals surface area contributed by atoms with Gasteiger partial charge in [0.15, 0.2) is 11.5 Å². The molecule has 1 aromatic carbocycles. The van der Waals surface area contributed by atoms with Crippen LogP contribution in [0.15, 0.2) is 53.6 Å². The van der Waals surface area contributed by atoms with Crippen LogP contribution in [0.25, 0.3) is 27.3 Å². The summed E-state index contributed by atoms with van der Waals surface area (Å²) in [7, 11) is 1.57. The molecule has 4 heterocycles. The molecular weight excluding hydrogens is 452 g/mol. The molecule has 0 saturated carbocycles. The topological polar surface area (TPSA) is 103 Å². The van der Waals surface area contributed by atoms with Crippen molar-refractivity contribution in [3.63, 3.8) is 0 Å². The number of benzene rings is 1. The van der Waals surface area contributed by atoms with Crippen LogP contribution in [0.3, 0.4) is 0 Å². The molecule has 0 fully saturated rings. The fraction of sp³-hybridized carbons (Fsp3) is 0.208. The summed E-state index contributed by atoms with van der Waals surface area (Å²) < 4.78 is 8.04. The maximum atomic E-state index is 13.5. The maximum Gasteiger partial charge on any atom is 0.352 e. The predicted octanol–water partition coefficient (Wildman–Crippen LogP) is 3.30. The van der Waals surface area contributed by atoms with Gasteiger partial charge in [-0.05, 0) is 49.1 Å². The van der Waals surface area contributed by atoms with E-state index >= 15 is 0 Å². The molecule has 0 bridgehead atoms. The number of anilines is 1. The van der Waals surface area contributed by atoms with Crippen molar-refractivity contribution in [3.05, 3.63) is 69.7 Å². The Morgan fingerprint density at radius 2 is 2.15 bits per heavy atom. The Morgan fingerprint density at radius 1 is 1.24 bits per heavy atom. The van der Waals surface area contributed by atoms with Crippen LogP contribution in [0, 0.1) is 0 Å². The van der Waals surface area contributed by atoms with Crippen molar-refractivity contribution in [1.82, 2.24) is 24.1 Å². The van der Waals surface area contributed by atoms with Gasteiger partial charge in [-0.15, -0.1) is 16.4 Å². The number of carbonyl (C=O) groups is 1. The van der Waals surface area contributed by atoms with E-state index in [2.05, 4.69) is 15.4 Å². The number of thiophene rings is 1. The van der Waals surface area contributed by atoms with Crippen molar-refractivity contribution in [3.8, 4) is 17.1 Å². The lowest BCUT2D eigenvalue weighted by Gasteiger charge is -2.10. The molecule has 1 aliphatic carbocycles. The highest BCUT2D eigenvalue weighted by molar-refractivity contribution is 7.19. The minimum absolute atomic E-state index is 0.135. The minimum Gasteiger partial charge on any atom is -0.497 e. The summed E-state index contributed by atoms with van der Waals surface area (Å²) >= 11 is 1.57. The summed E-state index contributed by atoms with van der Waals surface area (Å²) in [5.41, 5.74) is 2.67. The molecule has 6 rings (SSSR count).